The van der Waals surface area contributed by atoms with Crippen LogP contribution < -0.4 is 5.32 Å². The summed E-state index contributed by atoms with van der Waals surface area (Å²) < 4.78 is 0. The van der Waals surface area contributed by atoms with Crippen LogP contribution in [-0.4, -0.2) is 9.97 Å². The maximum Gasteiger partial charge on any atom is 0.137 e. The van der Waals surface area contributed by atoms with E-state index >= 15 is 0 Å². The Hall–Kier alpha value is -1.13. The normalized spacial score (nSPS) is 13.6. The molecular weight excluding hydrogens is 278 g/mol. The standard InChI is InChI=1S/C14H16ClN3S/c1-8-13(15)17-9(2)18-14(8)16-7-11-6-10-4-3-5-12(10)19-11/h6H,3-5,7H2,1-2H3,(H,16,17,18). The number of fused-ring (bicyclic) bond motifs is 1. The van der Waals surface area contributed by atoms with Gasteiger partial charge in [-0.05, 0) is 44.7 Å². The van der Waals surface area contributed by atoms with Gasteiger partial charge in [-0.15, -0.1) is 11.3 Å². The quantitative estimate of drug-likeness (QED) is 0.872. The molecule has 3 nitrogen and oxygen atoms in total. The van der Waals surface area contributed by atoms with E-state index in [9.17, 15) is 0 Å². The fourth-order valence-electron chi connectivity index (χ4n) is 2.41. The predicted octanol–water partition coefficient (Wildman–Crippen LogP) is 3.91. The topological polar surface area (TPSA) is 37.8 Å². The summed E-state index contributed by atoms with van der Waals surface area (Å²) in [5.74, 6) is 1.54. The van der Waals surface area contributed by atoms with Crippen LogP contribution in [0, 0.1) is 13.8 Å². The zero-order chi connectivity index (χ0) is 13.4. The van der Waals surface area contributed by atoms with Crippen LogP contribution in [0.4, 0.5) is 5.82 Å². The first kappa shape index (κ1) is 12.9. The molecule has 0 bridgehead atoms. The second kappa shape index (κ2) is 5.10. The molecule has 0 spiro atoms. The fraction of sp³-hybridized carbons (Fsp3) is 0.429. The summed E-state index contributed by atoms with van der Waals surface area (Å²) in [5.41, 5.74) is 2.45. The minimum Gasteiger partial charge on any atom is -0.365 e. The highest BCUT2D eigenvalue weighted by Gasteiger charge is 2.15. The molecule has 0 fully saturated rings. The van der Waals surface area contributed by atoms with Gasteiger partial charge in [-0.2, -0.15) is 0 Å². The Labute approximate surface area is 122 Å². The SMILES string of the molecule is Cc1nc(Cl)c(C)c(NCc2cc3c(s2)CCC3)n1. The molecule has 0 aliphatic heterocycles. The summed E-state index contributed by atoms with van der Waals surface area (Å²) in [6.07, 6.45) is 3.80. The number of halogens is 1. The molecule has 0 saturated heterocycles. The summed E-state index contributed by atoms with van der Waals surface area (Å²) in [7, 11) is 0. The van der Waals surface area contributed by atoms with Gasteiger partial charge < -0.3 is 5.32 Å². The molecule has 0 radical (unpaired) electrons. The van der Waals surface area contributed by atoms with Crippen molar-refractivity contribution in [3.8, 4) is 0 Å². The van der Waals surface area contributed by atoms with Crippen LogP contribution in [0.1, 0.15) is 33.1 Å². The van der Waals surface area contributed by atoms with Gasteiger partial charge in [0.1, 0.15) is 16.8 Å². The van der Waals surface area contributed by atoms with E-state index in [2.05, 4.69) is 21.4 Å². The smallest absolute Gasteiger partial charge is 0.137 e. The minimum atomic E-state index is 0.531. The maximum absolute atomic E-state index is 6.07. The van der Waals surface area contributed by atoms with E-state index in [4.69, 9.17) is 11.6 Å². The van der Waals surface area contributed by atoms with Gasteiger partial charge in [0.25, 0.3) is 0 Å². The lowest BCUT2D eigenvalue weighted by Crippen LogP contribution is -2.05. The lowest BCUT2D eigenvalue weighted by molar-refractivity contribution is 0.913. The van der Waals surface area contributed by atoms with Crippen LogP contribution >= 0.6 is 22.9 Å². The first-order chi connectivity index (χ1) is 9.13. The lowest BCUT2D eigenvalue weighted by Gasteiger charge is -2.09. The van der Waals surface area contributed by atoms with Gasteiger partial charge in [0.15, 0.2) is 0 Å². The molecule has 0 amide bonds. The molecule has 19 heavy (non-hydrogen) atoms. The van der Waals surface area contributed by atoms with Crippen molar-refractivity contribution in [3.63, 3.8) is 0 Å². The maximum atomic E-state index is 6.07. The first-order valence-corrected chi connectivity index (χ1v) is 7.68. The van der Waals surface area contributed by atoms with E-state index in [1.54, 1.807) is 4.88 Å². The summed E-state index contributed by atoms with van der Waals surface area (Å²) in [5, 5.41) is 3.91. The summed E-state index contributed by atoms with van der Waals surface area (Å²) >= 11 is 7.99. The van der Waals surface area contributed by atoms with Crippen molar-refractivity contribution in [3.05, 3.63) is 37.9 Å². The number of rotatable bonds is 3. The van der Waals surface area contributed by atoms with Crippen molar-refractivity contribution in [2.75, 3.05) is 5.32 Å². The number of hydrogen-bond donors (Lipinski definition) is 1. The molecule has 1 aliphatic rings. The van der Waals surface area contributed by atoms with Crippen LogP contribution in [0.2, 0.25) is 5.15 Å². The molecule has 1 aliphatic carbocycles. The Morgan fingerprint density at radius 3 is 2.95 bits per heavy atom. The molecule has 0 aromatic carbocycles. The Kier molecular flexibility index (Phi) is 3.46. The van der Waals surface area contributed by atoms with E-state index in [0.717, 1.165) is 17.9 Å². The number of nitrogens with one attached hydrogen (secondary N) is 1. The highest BCUT2D eigenvalue weighted by Crippen LogP contribution is 2.31. The van der Waals surface area contributed by atoms with Gasteiger partial charge in [-0.1, -0.05) is 11.6 Å². The Morgan fingerprint density at radius 2 is 2.16 bits per heavy atom. The van der Waals surface area contributed by atoms with Gasteiger partial charge in [-0.3, -0.25) is 0 Å². The molecule has 2 aromatic heterocycles. The second-order valence-electron chi connectivity index (χ2n) is 4.90. The highest BCUT2D eigenvalue weighted by molar-refractivity contribution is 7.12. The third kappa shape index (κ3) is 2.60. The molecule has 1 N–H and O–H groups in total. The zero-order valence-electron chi connectivity index (χ0n) is 11.1. The highest BCUT2D eigenvalue weighted by atomic mass is 35.5. The third-order valence-electron chi connectivity index (χ3n) is 3.43. The van der Waals surface area contributed by atoms with Gasteiger partial charge in [0.2, 0.25) is 0 Å². The van der Waals surface area contributed by atoms with Crippen molar-refractivity contribution >= 4 is 28.8 Å². The number of anilines is 1. The first-order valence-electron chi connectivity index (χ1n) is 6.48. The Bertz CT molecular complexity index is 600. The molecular formula is C14H16ClN3S. The zero-order valence-corrected chi connectivity index (χ0v) is 12.7. The van der Waals surface area contributed by atoms with Crippen molar-refractivity contribution in [1.82, 2.24) is 9.97 Å². The predicted molar refractivity (Wildman–Crippen MR) is 80.2 cm³/mol. The number of thiophene rings is 1. The van der Waals surface area contributed by atoms with Gasteiger partial charge >= 0.3 is 0 Å². The number of aryl methyl sites for hydroxylation is 3. The third-order valence-corrected chi connectivity index (χ3v) is 5.03. The Balaban J connectivity index is 1.75. The molecule has 2 aromatic rings. The number of hydrogen-bond acceptors (Lipinski definition) is 4. The molecule has 2 heterocycles. The number of nitrogens with zero attached hydrogens (tertiary/aromatic N) is 2. The van der Waals surface area contributed by atoms with Crippen LogP contribution in [-0.2, 0) is 19.4 Å². The molecule has 3 rings (SSSR count). The summed E-state index contributed by atoms with van der Waals surface area (Å²) in [6, 6.07) is 2.32. The van der Waals surface area contributed by atoms with Crippen LogP contribution in [0.25, 0.3) is 0 Å². The summed E-state index contributed by atoms with van der Waals surface area (Å²) in [6.45, 7) is 4.61. The van der Waals surface area contributed by atoms with Gasteiger partial charge in [-0.25, -0.2) is 9.97 Å². The average molecular weight is 294 g/mol. The fourth-order valence-corrected chi connectivity index (χ4v) is 3.83. The Morgan fingerprint density at radius 1 is 1.32 bits per heavy atom. The minimum absolute atomic E-state index is 0.531. The van der Waals surface area contributed by atoms with Crippen LogP contribution in [0.3, 0.4) is 0 Å². The van der Waals surface area contributed by atoms with Gasteiger partial charge in [0.05, 0.1) is 6.54 Å². The molecule has 0 saturated carbocycles. The lowest BCUT2D eigenvalue weighted by atomic mass is 10.2. The molecule has 0 atom stereocenters. The van der Waals surface area contributed by atoms with Gasteiger partial charge in [0, 0.05) is 15.3 Å². The molecule has 100 valence electrons. The molecule has 0 unspecified atom stereocenters. The second-order valence-corrected chi connectivity index (χ2v) is 6.48. The van der Waals surface area contributed by atoms with E-state index in [1.165, 1.54) is 29.7 Å². The van der Waals surface area contributed by atoms with E-state index in [-0.39, 0.29) is 0 Å². The van der Waals surface area contributed by atoms with Crippen LogP contribution in [0.15, 0.2) is 6.07 Å². The van der Waals surface area contributed by atoms with Crippen molar-refractivity contribution < 1.29 is 0 Å². The van der Waals surface area contributed by atoms with E-state index < -0.39 is 0 Å². The average Bonchev–Trinajstić information content (AvgIpc) is 2.92. The van der Waals surface area contributed by atoms with Crippen molar-refractivity contribution in [2.24, 2.45) is 0 Å². The van der Waals surface area contributed by atoms with E-state index in [1.807, 2.05) is 25.2 Å². The van der Waals surface area contributed by atoms with Crippen molar-refractivity contribution in [2.45, 2.75) is 39.7 Å². The summed E-state index contributed by atoms with van der Waals surface area (Å²) in [4.78, 5) is 11.5. The largest absolute Gasteiger partial charge is 0.365 e. The monoisotopic (exact) mass is 293 g/mol. The molecule has 5 heteroatoms. The van der Waals surface area contributed by atoms with Crippen LogP contribution in [0.5, 0.6) is 0 Å². The van der Waals surface area contributed by atoms with Crippen molar-refractivity contribution in [1.29, 1.82) is 0 Å². The van der Waals surface area contributed by atoms with E-state index in [0.29, 0.717) is 11.0 Å². The number of aromatic nitrogens is 2.